The largest absolute Gasteiger partial charge is 0.325 e. The van der Waals surface area contributed by atoms with Gasteiger partial charge in [0.2, 0.25) is 5.91 Å². The minimum absolute atomic E-state index is 0.0181. The van der Waals surface area contributed by atoms with Gasteiger partial charge in [-0.15, -0.1) is 0 Å². The van der Waals surface area contributed by atoms with E-state index in [9.17, 15) is 4.79 Å². The van der Waals surface area contributed by atoms with E-state index in [1.807, 2.05) is 31.2 Å². The normalized spacial score (nSPS) is 12.4. The van der Waals surface area contributed by atoms with Crippen molar-refractivity contribution in [2.24, 2.45) is 5.92 Å². The number of amides is 1. The van der Waals surface area contributed by atoms with Gasteiger partial charge in [-0.1, -0.05) is 44.4 Å². The number of benzene rings is 1. The highest BCUT2D eigenvalue weighted by molar-refractivity contribution is 5.92. The van der Waals surface area contributed by atoms with Gasteiger partial charge >= 0.3 is 0 Å². The Morgan fingerprint density at radius 2 is 1.75 bits per heavy atom. The molecule has 20 heavy (non-hydrogen) atoms. The van der Waals surface area contributed by atoms with Crippen LogP contribution in [0, 0.1) is 12.8 Å². The Labute approximate surface area is 123 Å². The van der Waals surface area contributed by atoms with Crippen LogP contribution in [0.25, 0.3) is 0 Å². The molecule has 0 radical (unpaired) electrons. The maximum atomic E-state index is 11.8. The number of rotatable bonds is 8. The van der Waals surface area contributed by atoms with E-state index in [0.717, 1.165) is 18.0 Å². The first kappa shape index (κ1) is 16.7. The van der Waals surface area contributed by atoms with E-state index in [-0.39, 0.29) is 5.91 Å². The summed E-state index contributed by atoms with van der Waals surface area (Å²) in [6, 6.07) is 8.24. The van der Waals surface area contributed by atoms with Crippen molar-refractivity contribution in [3.05, 3.63) is 29.8 Å². The van der Waals surface area contributed by atoms with Gasteiger partial charge in [0.25, 0.3) is 0 Å². The Hall–Kier alpha value is -1.35. The molecule has 0 aliphatic rings. The minimum atomic E-state index is 0.0181. The van der Waals surface area contributed by atoms with Crippen LogP contribution in [0.5, 0.6) is 0 Å². The van der Waals surface area contributed by atoms with Crippen LogP contribution < -0.4 is 10.6 Å². The van der Waals surface area contributed by atoms with Crippen molar-refractivity contribution in [3.8, 4) is 0 Å². The zero-order valence-electron chi connectivity index (χ0n) is 13.2. The first-order chi connectivity index (χ1) is 9.47. The summed E-state index contributed by atoms with van der Waals surface area (Å²) in [6.45, 7) is 9.03. The summed E-state index contributed by atoms with van der Waals surface area (Å²) < 4.78 is 0. The highest BCUT2D eigenvalue weighted by Gasteiger charge is 2.06. The average molecular weight is 276 g/mol. The van der Waals surface area contributed by atoms with Crippen molar-refractivity contribution in [1.82, 2.24) is 5.32 Å². The Morgan fingerprint density at radius 1 is 1.10 bits per heavy atom. The fraction of sp³-hybridized carbons (Fsp3) is 0.588. The summed E-state index contributed by atoms with van der Waals surface area (Å²) in [4.78, 5) is 11.8. The highest BCUT2D eigenvalue weighted by Crippen LogP contribution is 2.09. The van der Waals surface area contributed by atoms with Crippen LogP contribution >= 0.6 is 0 Å². The summed E-state index contributed by atoms with van der Waals surface area (Å²) in [5, 5.41) is 6.17. The highest BCUT2D eigenvalue weighted by atomic mass is 16.1. The van der Waals surface area contributed by atoms with E-state index in [2.05, 4.69) is 31.4 Å². The molecule has 0 spiro atoms. The van der Waals surface area contributed by atoms with E-state index in [1.165, 1.54) is 18.4 Å². The third-order valence-corrected chi connectivity index (χ3v) is 3.37. The van der Waals surface area contributed by atoms with Crippen LogP contribution in [-0.2, 0) is 4.79 Å². The average Bonchev–Trinajstić information content (AvgIpc) is 2.39. The third kappa shape index (κ3) is 7.29. The van der Waals surface area contributed by atoms with Gasteiger partial charge in [-0.3, -0.25) is 4.79 Å². The molecule has 0 saturated heterocycles. The molecule has 1 rings (SSSR count). The molecule has 1 atom stereocenters. The van der Waals surface area contributed by atoms with Crippen LogP contribution in [-0.4, -0.2) is 18.5 Å². The Morgan fingerprint density at radius 3 is 2.35 bits per heavy atom. The molecule has 0 aliphatic heterocycles. The Kier molecular flexibility index (Phi) is 7.31. The molecule has 0 bridgehead atoms. The maximum absolute atomic E-state index is 11.8. The zero-order valence-corrected chi connectivity index (χ0v) is 13.2. The third-order valence-electron chi connectivity index (χ3n) is 3.37. The van der Waals surface area contributed by atoms with E-state index in [4.69, 9.17) is 0 Å². The second kappa shape index (κ2) is 8.75. The molecule has 1 amide bonds. The van der Waals surface area contributed by atoms with E-state index in [1.54, 1.807) is 0 Å². The first-order valence-electron chi connectivity index (χ1n) is 7.57. The van der Waals surface area contributed by atoms with Crippen molar-refractivity contribution >= 4 is 11.6 Å². The van der Waals surface area contributed by atoms with Crippen LogP contribution in [0.2, 0.25) is 0 Å². The van der Waals surface area contributed by atoms with Crippen LogP contribution in [0.1, 0.15) is 45.6 Å². The fourth-order valence-corrected chi connectivity index (χ4v) is 2.04. The molecule has 0 aliphatic carbocycles. The number of carbonyl (C=O) groups is 1. The molecule has 0 fully saturated rings. The molecule has 112 valence electrons. The summed E-state index contributed by atoms with van der Waals surface area (Å²) in [5.74, 6) is 0.775. The molecular weight excluding hydrogens is 248 g/mol. The molecule has 3 heteroatoms. The van der Waals surface area contributed by atoms with Crippen molar-refractivity contribution in [1.29, 1.82) is 0 Å². The van der Waals surface area contributed by atoms with Crippen molar-refractivity contribution < 1.29 is 4.79 Å². The zero-order chi connectivity index (χ0) is 15.0. The van der Waals surface area contributed by atoms with Crippen LogP contribution in [0.3, 0.4) is 0 Å². The van der Waals surface area contributed by atoms with E-state index >= 15 is 0 Å². The van der Waals surface area contributed by atoms with Crippen LogP contribution in [0.4, 0.5) is 5.69 Å². The number of nitrogens with one attached hydrogen (secondary N) is 2. The van der Waals surface area contributed by atoms with E-state index in [0.29, 0.717) is 12.6 Å². The number of anilines is 1. The summed E-state index contributed by atoms with van der Waals surface area (Å²) in [5.41, 5.74) is 2.05. The van der Waals surface area contributed by atoms with Gasteiger partial charge in [0.05, 0.1) is 6.54 Å². The summed E-state index contributed by atoms with van der Waals surface area (Å²) >= 11 is 0. The molecule has 1 aromatic carbocycles. The monoisotopic (exact) mass is 276 g/mol. The number of aryl methyl sites for hydroxylation is 1. The van der Waals surface area contributed by atoms with Gasteiger partial charge in [0, 0.05) is 11.7 Å². The number of hydrogen-bond acceptors (Lipinski definition) is 2. The Balaban J connectivity index is 2.20. The van der Waals surface area contributed by atoms with Crippen LogP contribution in [0.15, 0.2) is 24.3 Å². The van der Waals surface area contributed by atoms with Gasteiger partial charge in [-0.05, 0) is 38.3 Å². The van der Waals surface area contributed by atoms with Gasteiger partial charge in [-0.2, -0.15) is 0 Å². The molecule has 0 heterocycles. The lowest BCUT2D eigenvalue weighted by Crippen LogP contribution is -2.34. The molecule has 1 aromatic rings. The van der Waals surface area contributed by atoms with Crippen molar-refractivity contribution in [3.63, 3.8) is 0 Å². The predicted molar refractivity (Wildman–Crippen MR) is 86.0 cm³/mol. The quantitative estimate of drug-likeness (QED) is 0.759. The lowest BCUT2D eigenvalue weighted by Gasteiger charge is -2.14. The summed E-state index contributed by atoms with van der Waals surface area (Å²) in [7, 11) is 0. The number of carbonyl (C=O) groups excluding carboxylic acids is 1. The van der Waals surface area contributed by atoms with Gasteiger partial charge in [-0.25, -0.2) is 0 Å². The molecule has 3 nitrogen and oxygen atoms in total. The fourth-order valence-electron chi connectivity index (χ4n) is 2.04. The maximum Gasteiger partial charge on any atom is 0.238 e. The predicted octanol–water partition coefficient (Wildman–Crippen LogP) is 3.74. The topological polar surface area (TPSA) is 41.1 Å². The lowest BCUT2D eigenvalue weighted by molar-refractivity contribution is -0.115. The number of hydrogen-bond donors (Lipinski definition) is 2. The van der Waals surface area contributed by atoms with Gasteiger partial charge in [0.1, 0.15) is 0 Å². The second-order valence-corrected chi connectivity index (χ2v) is 6.02. The van der Waals surface area contributed by atoms with Crippen molar-refractivity contribution in [2.75, 3.05) is 11.9 Å². The van der Waals surface area contributed by atoms with Gasteiger partial charge in [0.15, 0.2) is 0 Å². The molecule has 2 N–H and O–H groups in total. The molecule has 1 unspecified atom stereocenters. The molecule has 0 saturated carbocycles. The first-order valence-corrected chi connectivity index (χ1v) is 7.57. The van der Waals surface area contributed by atoms with Crippen molar-refractivity contribution in [2.45, 2.75) is 53.0 Å². The molecular formula is C17H28N2O. The van der Waals surface area contributed by atoms with Gasteiger partial charge < -0.3 is 10.6 Å². The smallest absolute Gasteiger partial charge is 0.238 e. The standard InChI is InChI=1S/C17H28N2O/c1-13(2)6-5-7-15(4)18-12-17(20)19-16-10-8-14(3)9-11-16/h8-11,13,15,18H,5-7,12H2,1-4H3,(H,19,20). The second-order valence-electron chi connectivity index (χ2n) is 6.02. The summed E-state index contributed by atoms with van der Waals surface area (Å²) in [6.07, 6.45) is 3.59. The lowest BCUT2D eigenvalue weighted by atomic mass is 10.0. The SMILES string of the molecule is Cc1ccc(NC(=O)CNC(C)CCCC(C)C)cc1. The van der Waals surface area contributed by atoms with E-state index < -0.39 is 0 Å². The minimum Gasteiger partial charge on any atom is -0.325 e. The molecule has 0 aromatic heterocycles. The Bertz CT molecular complexity index is 398.